The van der Waals surface area contributed by atoms with Gasteiger partial charge in [-0.3, -0.25) is 4.79 Å². The lowest BCUT2D eigenvalue weighted by atomic mass is 10.1. The number of carboxylic acids is 1. The molecule has 0 aliphatic carbocycles. The summed E-state index contributed by atoms with van der Waals surface area (Å²) >= 11 is 0. The number of aliphatic hydroxyl groups excluding tert-OH is 1. The number of hydrogen-bond acceptors (Lipinski definition) is 4. The zero-order valence-corrected chi connectivity index (χ0v) is 14.7. The predicted molar refractivity (Wildman–Crippen MR) is 96.8 cm³/mol. The number of nitrogens with zero attached hydrogens (tertiary/aromatic N) is 1. The molecule has 138 valence electrons. The summed E-state index contributed by atoms with van der Waals surface area (Å²) in [5.41, 5.74) is 1.93. The molecule has 6 nitrogen and oxygen atoms in total. The smallest absolute Gasteiger partial charge is 0.335 e. The highest BCUT2D eigenvalue weighted by atomic mass is 16.5. The highest BCUT2D eigenvalue weighted by Gasteiger charge is 2.15. The van der Waals surface area contributed by atoms with Crippen molar-refractivity contribution in [3.05, 3.63) is 71.3 Å². The fraction of sp³-hybridized carbons (Fsp3) is 0.300. The number of carbonyl (C=O) groups is 2. The van der Waals surface area contributed by atoms with Gasteiger partial charge < -0.3 is 19.8 Å². The number of amides is 1. The summed E-state index contributed by atoms with van der Waals surface area (Å²) in [5.74, 6) is -1.16. The molecule has 0 heterocycles. The van der Waals surface area contributed by atoms with E-state index in [0.29, 0.717) is 6.61 Å². The first kappa shape index (κ1) is 19.6. The van der Waals surface area contributed by atoms with E-state index in [1.54, 1.807) is 19.2 Å². The highest BCUT2D eigenvalue weighted by molar-refractivity contribution is 5.87. The number of hydrogen-bond donors (Lipinski definition) is 2. The molecule has 1 atom stereocenters. The zero-order chi connectivity index (χ0) is 18.9. The monoisotopic (exact) mass is 357 g/mol. The first-order valence-electron chi connectivity index (χ1n) is 8.31. The summed E-state index contributed by atoms with van der Waals surface area (Å²) in [7, 11) is 1.62. The Bertz CT molecular complexity index is 715. The fourth-order valence-electron chi connectivity index (χ4n) is 2.43. The summed E-state index contributed by atoms with van der Waals surface area (Å²) in [5, 5.41) is 18.9. The van der Waals surface area contributed by atoms with E-state index in [1.165, 1.54) is 17.0 Å². The van der Waals surface area contributed by atoms with Crippen LogP contribution in [0.5, 0.6) is 0 Å². The number of ether oxygens (including phenoxy) is 1. The molecule has 0 bridgehead atoms. The van der Waals surface area contributed by atoms with Gasteiger partial charge in [0.15, 0.2) is 0 Å². The Labute approximate surface area is 152 Å². The van der Waals surface area contributed by atoms with Crippen LogP contribution in [0.3, 0.4) is 0 Å². The Morgan fingerprint density at radius 3 is 2.31 bits per heavy atom. The molecule has 0 radical (unpaired) electrons. The molecular weight excluding hydrogens is 334 g/mol. The summed E-state index contributed by atoms with van der Waals surface area (Å²) in [6.45, 7) is 0.714. The Morgan fingerprint density at radius 2 is 1.69 bits per heavy atom. The molecule has 1 amide bonds. The van der Waals surface area contributed by atoms with Crippen molar-refractivity contribution in [1.82, 2.24) is 4.90 Å². The Balaban J connectivity index is 1.74. The van der Waals surface area contributed by atoms with Gasteiger partial charge in [-0.05, 0) is 23.3 Å². The molecule has 2 aromatic carbocycles. The molecule has 6 heteroatoms. The average Bonchev–Trinajstić information content (AvgIpc) is 2.63. The Kier molecular flexibility index (Phi) is 7.32. The van der Waals surface area contributed by atoms with Crippen LogP contribution in [0.1, 0.15) is 21.5 Å². The van der Waals surface area contributed by atoms with Crippen LogP contribution in [0.2, 0.25) is 0 Å². The van der Waals surface area contributed by atoms with Crippen molar-refractivity contribution < 1.29 is 24.5 Å². The first-order valence-corrected chi connectivity index (χ1v) is 8.31. The van der Waals surface area contributed by atoms with Crippen molar-refractivity contribution >= 4 is 11.9 Å². The second-order valence-electron chi connectivity index (χ2n) is 6.11. The number of aromatic carboxylic acids is 1. The second-order valence-corrected chi connectivity index (χ2v) is 6.11. The van der Waals surface area contributed by atoms with Gasteiger partial charge in [0.05, 0.1) is 31.3 Å². The van der Waals surface area contributed by atoms with Gasteiger partial charge in [-0.25, -0.2) is 4.79 Å². The van der Waals surface area contributed by atoms with E-state index in [-0.39, 0.29) is 31.0 Å². The third-order valence-corrected chi connectivity index (χ3v) is 3.89. The van der Waals surface area contributed by atoms with Crippen LogP contribution in [0, 0.1) is 0 Å². The maximum Gasteiger partial charge on any atom is 0.335 e. The standard InChI is InChI=1S/C20H23NO5/c1-21(12-18(22)14-26-13-16-5-3-2-4-6-16)19(23)11-15-7-9-17(10-8-15)20(24)25/h2-10,18,22H,11-14H2,1H3,(H,24,25). The highest BCUT2D eigenvalue weighted by Crippen LogP contribution is 2.07. The van der Waals surface area contributed by atoms with E-state index in [9.17, 15) is 14.7 Å². The minimum Gasteiger partial charge on any atom is -0.478 e. The molecule has 0 saturated heterocycles. The predicted octanol–water partition coefficient (Wildman–Crippen LogP) is 1.96. The van der Waals surface area contributed by atoms with Crippen molar-refractivity contribution in [3.8, 4) is 0 Å². The first-order chi connectivity index (χ1) is 12.5. The molecule has 0 fully saturated rings. The third kappa shape index (κ3) is 6.31. The normalized spacial score (nSPS) is 11.8. The maximum absolute atomic E-state index is 12.2. The van der Waals surface area contributed by atoms with Crippen LogP contribution >= 0.6 is 0 Å². The van der Waals surface area contributed by atoms with E-state index in [2.05, 4.69) is 0 Å². The van der Waals surface area contributed by atoms with E-state index < -0.39 is 12.1 Å². The SMILES string of the molecule is CN(CC(O)COCc1ccccc1)C(=O)Cc1ccc(C(=O)O)cc1. The molecule has 0 aliphatic heterocycles. The summed E-state index contributed by atoms with van der Waals surface area (Å²) in [4.78, 5) is 24.5. The Hall–Kier alpha value is -2.70. The molecular formula is C20H23NO5. The third-order valence-electron chi connectivity index (χ3n) is 3.89. The van der Waals surface area contributed by atoms with Crippen LogP contribution in [-0.4, -0.2) is 53.3 Å². The lowest BCUT2D eigenvalue weighted by Crippen LogP contribution is -2.37. The number of rotatable bonds is 9. The van der Waals surface area contributed by atoms with Gasteiger partial charge in [-0.1, -0.05) is 42.5 Å². The largest absolute Gasteiger partial charge is 0.478 e. The van der Waals surface area contributed by atoms with Gasteiger partial charge in [0.1, 0.15) is 0 Å². The van der Waals surface area contributed by atoms with Gasteiger partial charge in [0, 0.05) is 13.6 Å². The minimum atomic E-state index is -1.00. The van der Waals surface area contributed by atoms with Crippen molar-refractivity contribution in [2.24, 2.45) is 0 Å². The van der Waals surface area contributed by atoms with Crippen LogP contribution in [0.25, 0.3) is 0 Å². The quantitative estimate of drug-likeness (QED) is 0.716. The fourth-order valence-corrected chi connectivity index (χ4v) is 2.43. The molecule has 1 unspecified atom stereocenters. The Morgan fingerprint density at radius 1 is 1.04 bits per heavy atom. The van der Waals surface area contributed by atoms with Crippen LogP contribution in [-0.2, 0) is 22.6 Å². The maximum atomic E-state index is 12.2. The minimum absolute atomic E-state index is 0.139. The molecule has 0 aromatic heterocycles. The van der Waals surface area contributed by atoms with E-state index in [4.69, 9.17) is 9.84 Å². The number of carboxylic acid groups (broad SMARTS) is 1. The zero-order valence-electron chi connectivity index (χ0n) is 14.7. The molecule has 26 heavy (non-hydrogen) atoms. The van der Waals surface area contributed by atoms with Gasteiger partial charge in [-0.15, -0.1) is 0 Å². The van der Waals surface area contributed by atoms with Crippen molar-refractivity contribution in [2.75, 3.05) is 20.2 Å². The van der Waals surface area contributed by atoms with Crippen LogP contribution < -0.4 is 0 Å². The van der Waals surface area contributed by atoms with Gasteiger partial charge >= 0.3 is 5.97 Å². The lowest BCUT2D eigenvalue weighted by Gasteiger charge is -2.21. The molecule has 0 saturated carbocycles. The summed E-state index contributed by atoms with van der Waals surface area (Å²) in [6, 6.07) is 15.8. The topological polar surface area (TPSA) is 87.1 Å². The van der Waals surface area contributed by atoms with E-state index in [1.807, 2.05) is 30.3 Å². The van der Waals surface area contributed by atoms with Gasteiger partial charge in [-0.2, -0.15) is 0 Å². The second kappa shape index (κ2) is 9.70. The van der Waals surface area contributed by atoms with Crippen molar-refractivity contribution in [3.63, 3.8) is 0 Å². The number of likely N-dealkylation sites (N-methyl/N-ethyl adjacent to an activating group) is 1. The molecule has 0 spiro atoms. The molecule has 2 rings (SSSR count). The van der Waals surface area contributed by atoms with Gasteiger partial charge in [0.2, 0.25) is 5.91 Å². The van der Waals surface area contributed by atoms with Crippen molar-refractivity contribution in [1.29, 1.82) is 0 Å². The van der Waals surface area contributed by atoms with Gasteiger partial charge in [0.25, 0.3) is 0 Å². The average molecular weight is 357 g/mol. The number of benzene rings is 2. The van der Waals surface area contributed by atoms with Crippen LogP contribution in [0.4, 0.5) is 0 Å². The lowest BCUT2D eigenvalue weighted by molar-refractivity contribution is -0.131. The number of carbonyl (C=O) groups excluding carboxylic acids is 1. The summed E-state index contributed by atoms with van der Waals surface area (Å²) < 4.78 is 5.47. The summed E-state index contributed by atoms with van der Waals surface area (Å²) in [6.07, 6.45) is -0.629. The number of aliphatic hydroxyl groups is 1. The van der Waals surface area contributed by atoms with E-state index >= 15 is 0 Å². The molecule has 2 aromatic rings. The molecule has 2 N–H and O–H groups in total. The molecule has 0 aliphatic rings. The van der Waals surface area contributed by atoms with Crippen molar-refractivity contribution in [2.45, 2.75) is 19.1 Å². The van der Waals surface area contributed by atoms with E-state index in [0.717, 1.165) is 11.1 Å². The van der Waals surface area contributed by atoms with Crippen LogP contribution in [0.15, 0.2) is 54.6 Å².